The van der Waals surface area contributed by atoms with E-state index < -0.39 is 0 Å². The minimum Gasteiger partial charge on any atom is -0.308 e. The summed E-state index contributed by atoms with van der Waals surface area (Å²) in [6, 6.07) is 60.2. The van der Waals surface area contributed by atoms with Crippen LogP contribution in [0.25, 0.3) is 88.9 Å². The minimum absolute atomic E-state index is 0.0384. The molecule has 60 heavy (non-hydrogen) atoms. The summed E-state index contributed by atoms with van der Waals surface area (Å²) < 4.78 is 4.54. The molecule has 0 aliphatic rings. The topological polar surface area (TPSA) is 59.4 Å². The number of hydrogen-bond donors (Lipinski definition) is 0. The van der Waals surface area contributed by atoms with Crippen molar-refractivity contribution in [2.24, 2.45) is 0 Å². The van der Waals surface area contributed by atoms with Gasteiger partial charge in [-0.15, -0.1) is 0 Å². The first-order valence-electron chi connectivity index (χ1n) is 20.6. The third-order valence-corrected chi connectivity index (χ3v) is 11.9. The van der Waals surface area contributed by atoms with E-state index in [0.29, 0.717) is 11.4 Å². The fourth-order valence-corrected chi connectivity index (χ4v) is 8.70. The molecule has 0 aliphatic heterocycles. The zero-order valence-electron chi connectivity index (χ0n) is 34.8. The van der Waals surface area contributed by atoms with Crippen molar-refractivity contribution in [1.82, 2.24) is 19.1 Å². The van der Waals surface area contributed by atoms with E-state index in [0.717, 1.165) is 83.1 Å². The van der Waals surface area contributed by atoms with Gasteiger partial charge in [0.05, 0.1) is 44.8 Å². The smallest absolute Gasteiger partial charge is 0.160 e. The molecular weight excluding hydrogens is 731 g/mol. The average molecular weight is 776 g/mol. The Kier molecular flexibility index (Phi) is 8.59. The number of nitriles is 1. The summed E-state index contributed by atoms with van der Waals surface area (Å²) in [4.78, 5) is 10.6. The van der Waals surface area contributed by atoms with E-state index in [4.69, 9.17) is 9.97 Å². The lowest BCUT2D eigenvalue weighted by Gasteiger charge is -2.20. The molecule has 10 rings (SSSR count). The molecule has 0 fully saturated rings. The highest BCUT2D eigenvalue weighted by molar-refractivity contribution is 6.11. The van der Waals surface area contributed by atoms with Crippen molar-refractivity contribution in [2.45, 2.75) is 52.4 Å². The normalized spacial score (nSPS) is 12.2. The molecule has 0 aliphatic carbocycles. The molecule has 5 heteroatoms. The number of benzene rings is 7. The molecule has 0 spiro atoms. The molecule has 3 aromatic heterocycles. The zero-order chi connectivity index (χ0) is 41.3. The Bertz CT molecular complexity index is 3120. The molecule has 3 heterocycles. The van der Waals surface area contributed by atoms with E-state index in [-0.39, 0.29) is 10.8 Å². The third-order valence-electron chi connectivity index (χ3n) is 11.9. The van der Waals surface area contributed by atoms with E-state index in [1.165, 1.54) is 11.1 Å². The molecule has 0 bridgehead atoms. The van der Waals surface area contributed by atoms with Crippen LogP contribution in [0.2, 0.25) is 0 Å². The molecule has 0 amide bonds. The quantitative estimate of drug-likeness (QED) is 0.175. The standard InChI is InChI=1S/C55H45N5/c1-54(2,3)38-25-27-49-42(31-38)40-21-13-15-23-47(40)59(49)51-29-37(53-57-45(35-17-9-7-10-18-35)33-46(58-53)36-19-11-8-12-20-36)30-52(44(51)34-56)60-48-24-16-14-22-41(48)43-32-39(55(4,5)6)26-28-50(43)60/h7-33H,1-6H3. The summed E-state index contributed by atoms with van der Waals surface area (Å²) in [6.45, 7) is 13.5. The van der Waals surface area contributed by atoms with Crippen LogP contribution in [0.3, 0.4) is 0 Å². The van der Waals surface area contributed by atoms with Crippen molar-refractivity contribution in [3.05, 3.63) is 180 Å². The maximum absolute atomic E-state index is 11.5. The lowest BCUT2D eigenvalue weighted by molar-refractivity contribution is 0.591. The van der Waals surface area contributed by atoms with Gasteiger partial charge in [-0.2, -0.15) is 5.26 Å². The van der Waals surface area contributed by atoms with Crippen molar-refractivity contribution in [3.8, 4) is 51.3 Å². The highest BCUT2D eigenvalue weighted by atomic mass is 15.0. The number of hydrogen-bond acceptors (Lipinski definition) is 3. The predicted octanol–water partition coefficient (Wildman–Crippen LogP) is 14.1. The Morgan fingerprint density at radius 3 is 1.23 bits per heavy atom. The summed E-state index contributed by atoms with van der Waals surface area (Å²) in [5, 5.41) is 16.1. The maximum atomic E-state index is 11.5. The Morgan fingerprint density at radius 1 is 0.417 bits per heavy atom. The summed E-state index contributed by atoms with van der Waals surface area (Å²) in [7, 11) is 0. The van der Waals surface area contributed by atoms with Crippen LogP contribution < -0.4 is 0 Å². The second kappa shape index (κ2) is 13.9. The van der Waals surface area contributed by atoms with Gasteiger partial charge < -0.3 is 9.13 Å². The van der Waals surface area contributed by atoms with Gasteiger partial charge in [0.2, 0.25) is 0 Å². The fraction of sp³-hybridized carbons (Fsp3) is 0.145. The number of para-hydroxylation sites is 2. The highest BCUT2D eigenvalue weighted by Gasteiger charge is 2.25. The number of nitrogens with zero attached hydrogens (tertiary/aromatic N) is 5. The van der Waals surface area contributed by atoms with Crippen LogP contribution in [0.1, 0.15) is 58.2 Å². The van der Waals surface area contributed by atoms with Gasteiger partial charge in [-0.3, -0.25) is 0 Å². The average Bonchev–Trinajstić information content (AvgIpc) is 3.78. The predicted molar refractivity (Wildman–Crippen MR) is 249 cm³/mol. The minimum atomic E-state index is -0.0384. The lowest BCUT2D eigenvalue weighted by atomic mass is 9.86. The van der Waals surface area contributed by atoms with Crippen molar-refractivity contribution in [2.75, 3.05) is 0 Å². The van der Waals surface area contributed by atoms with E-state index >= 15 is 0 Å². The zero-order valence-corrected chi connectivity index (χ0v) is 34.8. The van der Waals surface area contributed by atoms with Crippen LogP contribution in [0, 0.1) is 11.3 Å². The second-order valence-electron chi connectivity index (χ2n) is 17.9. The van der Waals surface area contributed by atoms with Crippen LogP contribution in [0.5, 0.6) is 0 Å². The molecular formula is C55H45N5. The Hall–Kier alpha value is -7.29. The molecule has 7 aromatic carbocycles. The monoisotopic (exact) mass is 775 g/mol. The first-order valence-corrected chi connectivity index (χ1v) is 20.6. The summed E-state index contributed by atoms with van der Waals surface area (Å²) in [6.07, 6.45) is 0. The van der Waals surface area contributed by atoms with Gasteiger partial charge in [-0.25, -0.2) is 9.97 Å². The molecule has 0 saturated heterocycles. The molecule has 0 radical (unpaired) electrons. The molecule has 0 saturated carbocycles. The summed E-state index contributed by atoms with van der Waals surface area (Å²) >= 11 is 0. The number of fused-ring (bicyclic) bond motifs is 6. The van der Waals surface area contributed by atoms with Crippen molar-refractivity contribution >= 4 is 43.6 Å². The molecule has 5 nitrogen and oxygen atoms in total. The van der Waals surface area contributed by atoms with E-state index in [1.54, 1.807) is 0 Å². The van der Waals surface area contributed by atoms with Gasteiger partial charge in [0.15, 0.2) is 5.82 Å². The number of aromatic nitrogens is 4. The van der Waals surface area contributed by atoms with Gasteiger partial charge in [0, 0.05) is 38.2 Å². The van der Waals surface area contributed by atoms with Crippen LogP contribution in [-0.4, -0.2) is 19.1 Å². The van der Waals surface area contributed by atoms with E-state index in [9.17, 15) is 5.26 Å². The summed E-state index contributed by atoms with van der Waals surface area (Å²) in [5.41, 5.74) is 13.1. The van der Waals surface area contributed by atoms with Crippen molar-refractivity contribution < 1.29 is 0 Å². The van der Waals surface area contributed by atoms with Crippen LogP contribution in [0.4, 0.5) is 0 Å². The molecule has 0 atom stereocenters. The Labute approximate surface area is 350 Å². The third kappa shape index (κ3) is 6.15. The summed E-state index contributed by atoms with van der Waals surface area (Å²) in [5.74, 6) is 0.578. The van der Waals surface area contributed by atoms with Gasteiger partial charge in [-0.05, 0) is 76.6 Å². The molecule has 0 N–H and O–H groups in total. The SMILES string of the molecule is CC(C)(C)c1ccc2c(c1)c1ccccc1n2-c1cc(-c2nc(-c3ccccc3)cc(-c3ccccc3)n2)cc(-n2c3ccccc3c3cc(C(C)(C)C)ccc32)c1C#N. The van der Waals surface area contributed by atoms with Gasteiger partial charge in [0.1, 0.15) is 11.6 Å². The van der Waals surface area contributed by atoms with Crippen molar-refractivity contribution in [1.29, 1.82) is 5.26 Å². The second-order valence-corrected chi connectivity index (χ2v) is 17.9. The van der Waals surface area contributed by atoms with Crippen LogP contribution in [-0.2, 0) is 10.8 Å². The van der Waals surface area contributed by atoms with Gasteiger partial charge in [0.25, 0.3) is 0 Å². The Balaban J connectivity index is 1.35. The highest BCUT2D eigenvalue weighted by Crippen LogP contribution is 2.42. The maximum Gasteiger partial charge on any atom is 0.160 e. The van der Waals surface area contributed by atoms with E-state index in [2.05, 4.69) is 184 Å². The van der Waals surface area contributed by atoms with Gasteiger partial charge >= 0.3 is 0 Å². The molecule has 10 aromatic rings. The lowest BCUT2D eigenvalue weighted by Crippen LogP contribution is -2.11. The molecule has 0 unspecified atom stereocenters. The van der Waals surface area contributed by atoms with E-state index in [1.807, 2.05) is 36.4 Å². The number of rotatable bonds is 5. The fourth-order valence-electron chi connectivity index (χ4n) is 8.70. The van der Waals surface area contributed by atoms with Gasteiger partial charge in [-0.1, -0.05) is 151 Å². The van der Waals surface area contributed by atoms with Crippen LogP contribution >= 0.6 is 0 Å². The first kappa shape index (κ1) is 37.0. The largest absolute Gasteiger partial charge is 0.308 e. The Morgan fingerprint density at radius 2 is 0.817 bits per heavy atom. The first-order chi connectivity index (χ1) is 29.0. The van der Waals surface area contributed by atoms with Crippen molar-refractivity contribution in [3.63, 3.8) is 0 Å². The van der Waals surface area contributed by atoms with Crippen LogP contribution in [0.15, 0.2) is 164 Å². The molecule has 290 valence electrons.